The van der Waals surface area contributed by atoms with Gasteiger partial charge in [-0.25, -0.2) is 0 Å². The molecule has 2 heterocycles. The first-order valence-corrected chi connectivity index (χ1v) is 4.64. The standard InChI is InChI=1S/C9H8ClN3O/c1-6-4-7(2-3-11-6)9-13-12-8(5-10)14-9/h2-4H,5H2,1H3. The third kappa shape index (κ3) is 1.75. The fourth-order valence-corrected chi connectivity index (χ4v) is 1.21. The van der Waals surface area contributed by atoms with Gasteiger partial charge in [-0.2, -0.15) is 0 Å². The zero-order chi connectivity index (χ0) is 9.97. The number of nitrogens with zero attached hydrogens (tertiary/aromatic N) is 3. The van der Waals surface area contributed by atoms with Crippen LogP contribution in [0.2, 0.25) is 0 Å². The van der Waals surface area contributed by atoms with Crippen LogP contribution in [-0.2, 0) is 5.88 Å². The molecule has 0 aliphatic heterocycles. The van der Waals surface area contributed by atoms with Gasteiger partial charge in [0.05, 0.1) is 0 Å². The summed E-state index contributed by atoms with van der Waals surface area (Å²) in [5.41, 5.74) is 1.77. The fraction of sp³-hybridized carbons (Fsp3) is 0.222. The van der Waals surface area contributed by atoms with Gasteiger partial charge in [-0.3, -0.25) is 4.98 Å². The highest BCUT2D eigenvalue weighted by atomic mass is 35.5. The lowest BCUT2D eigenvalue weighted by Gasteiger charge is -1.94. The molecule has 2 rings (SSSR count). The molecule has 0 fully saturated rings. The number of rotatable bonds is 2. The van der Waals surface area contributed by atoms with Crippen LogP contribution in [0.1, 0.15) is 11.6 Å². The van der Waals surface area contributed by atoms with Crippen LogP contribution in [0.5, 0.6) is 0 Å². The molecule has 0 aliphatic carbocycles. The Morgan fingerprint density at radius 2 is 2.29 bits per heavy atom. The smallest absolute Gasteiger partial charge is 0.247 e. The second-order valence-corrected chi connectivity index (χ2v) is 3.09. The van der Waals surface area contributed by atoms with E-state index in [4.69, 9.17) is 16.0 Å². The van der Waals surface area contributed by atoms with Crippen LogP contribution >= 0.6 is 11.6 Å². The van der Waals surface area contributed by atoms with Crippen molar-refractivity contribution < 1.29 is 4.42 Å². The average Bonchev–Trinajstić information content (AvgIpc) is 2.66. The Morgan fingerprint density at radius 1 is 1.43 bits per heavy atom. The molecule has 0 radical (unpaired) electrons. The van der Waals surface area contributed by atoms with Crippen LogP contribution < -0.4 is 0 Å². The van der Waals surface area contributed by atoms with Gasteiger partial charge in [-0.05, 0) is 19.1 Å². The molecule has 4 nitrogen and oxygen atoms in total. The Hall–Kier alpha value is -1.42. The zero-order valence-corrected chi connectivity index (χ0v) is 8.32. The number of halogens is 1. The second-order valence-electron chi connectivity index (χ2n) is 2.82. The van der Waals surface area contributed by atoms with E-state index in [1.165, 1.54) is 0 Å². The minimum absolute atomic E-state index is 0.233. The molecule has 0 N–H and O–H groups in total. The normalized spacial score (nSPS) is 10.4. The van der Waals surface area contributed by atoms with Crippen molar-refractivity contribution in [3.63, 3.8) is 0 Å². The van der Waals surface area contributed by atoms with Crippen LogP contribution in [0.15, 0.2) is 22.7 Å². The van der Waals surface area contributed by atoms with E-state index in [-0.39, 0.29) is 5.88 Å². The zero-order valence-electron chi connectivity index (χ0n) is 7.57. The molecule has 0 unspecified atom stereocenters. The summed E-state index contributed by atoms with van der Waals surface area (Å²) in [6.07, 6.45) is 1.70. The van der Waals surface area contributed by atoms with Crippen molar-refractivity contribution >= 4 is 11.6 Å². The molecule has 0 aromatic carbocycles. The van der Waals surface area contributed by atoms with Crippen molar-refractivity contribution in [1.82, 2.24) is 15.2 Å². The Bertz CT molecular complexity index is 441. The topological polar surface area (TPSA) is 51.8 Å². The number of hydrogen-bond donors (Lipinski definition) is 0. The third-order valence-corrected chi connectivity index (χ3v) is 1.95. The van der Waals surface area contributed by atoms with Gasteiger partial charge in [0.15, 0.2) is 0 Å². The molecule has 0 aliphatic rings. The van der Waals surface area contributed by atoms with E-state index in [1.54, 1.807) is 6.20 Å². The molecule has 2 aromatic rings. The summed E-state index contributed by atoms with van der Waals surface area (Å²) in [5.74, 6) is 1.14. The highest BCUT2D eigenvalue weighted by Crippen LogP contribution is 2.18. The summed E-state index contributed by atoms with van der Waals surface area (Å²) in [7, 11) is 0. The molecule has 5 heteroatoms. The maximum Gasteiger partial charge on any atom is 0.247 e. The molecule has 0 bridgehead atoms. The predicted molar refractivity (Wildman–Crippen MR) is 51.8 cm³/mol. The van der Waals surface area contributed by atoms with Gasteiger partial charge >= 0.3 is 0 Å². The van der Waals surface area contributed by atoms with Gasteiger partial charge in [0, 0.05) is 17.5 Å². The van der Waals surface area contributed by atoms with E-state index in [1.807, 2.05) is 19.1 Å². The number of aromatic nitrogens is 3. The first-order chi connectivity index (χ1) is 6.79. The Kier molecular flexibility index (Phi) is 2.45. The summed E-state index contributed by atoms with van der Waals surface area (Å²) in [6, 6.07) is 3.70. The van der Waals surface area contributed by atoms with Gasteiger partial charge in [0.25, 0.3) is 0 Å². The SMILES string of the molecule is Cc1cc(-c2nnc(CCl)o2)ccn1. The molecule has 72 valence electrons. The average molecular weight is 210 g/mol. The molecule has 14 heavy (non-hydrogen) atoms. The highest BCUT2D eigenvalue weighted by molar-refractivity contribution is 6.16. The lowest BCUT2D eigenvalue weighted by molar-refractivity contribution is 0.527. The molecule has 0 atom stereocenters. The van der Waals surface area contributed by atoms with E-state index in [0.717, 1.165) is 11.3 Å². The minimum atomic E-state index is 0.233. The van der Waals surface area contributed by atoms with Gasteiger partial charge in [0.1, 0.15) is 5.88 Å². The monoisotopic (exact) mass is 209 g/mol. The molecule has 2 aromatic heterocycles. The highest BCUT2D eigenvalue weighted by Gasteiger charge is 2.07. The van der Waals surface area contributed by atoms with Crippen molar-refractivity contribution in [2.75, 3.05) is 0 Å². The summed E-state index contributed by atoms with van der Waals surface area (Å²) >= 11 is 5.55. The lowest BCUT2D eigenvalue weighted by Crippen LogP contribution is -1.82. The van der Waals surface area contributed by atoms with Crippen molar-refractivity contribution in [1.29, 1.82) is 0 Å². The number of alkyl halides is 1. The molecule has 0 amide bonds. The maximum atomic E-state index is 5.55. The van der Waals surface area contributed by atoms with E-state index in [9.17, 15) is 0 Å². The van der Waals surface area contributed by atoms with Gasteiger partial charge in [-0.1, -0.05) is 0 Å². The number of hydrogen-bond acceptors (Lipinski definition) is 4. The summed E-state index contributed by atoms with van der Waals surface area (Å²) in [5, 5.41) is 7.64. The van der Waals surface area contributed by atoms with E-state index < -0.39 is 0 Å². The largest absolute Gasteiger partial charge is 0.419 e. The van der Waals surface area contributed by atoms with Crippen molar-refractivity contribution in [3.05, 3.63) is 29.9 Å². The first-order valence-electron chi connectivity index (χ1n) is 4.11. The fourth-order valence-electron chi connectivity index (χ4n) is 1.10. The first kappa shape index (κ1) is 9.15. The molecule has 0 saturated carbocycles. The molecule has 0 spiro atoms. The maximum absolute atomic E-state index is 5.55. The van der Waals surface area contributed by atoms with E-state index in [2.05, 4.69) is 15.2 Å². The van der Waals surface area contributed by atoms with E-state index >= 15 is 0 Å². The third-order valence-electron chi connectivity index (χ3n) is 1.72. The van der Waals surface area contributed by atoms with Gasteiger partial charge in [0.2, 0.25) is 11.8 Å². The second kappa shape index (κ2) is 3.75. The van der Waals surface area contributed by atoms with Crippen LogP contribution in [-0.4, -0.2) is 15.2 Å². The van der Waals surface area contributed by atoms with Gasteiger partial charge in [-0.15, -0.1) is 21.8 Å². The Balaban J connectivity index is 2.39. The van der Waals surface area contributed by atoms with Crippen LogP contribution in [0.3, 0.4) is 0 Å². The van der Waals surface area contributed by atoms with Crippen LogP contribution in [0.25, 0.3) is 11.5 Å². The van der Waals surface area contributed by atoms with E-state index in [0.29, 0.717) is 11.8 Å². The number of pyridine rings is 1. The van der Waals surface area contributed by atoms with Crippen molar-refractivity contribution in [2.45, 2.75) is 12.8 Å². The van der Waals surface area contributed by atoms with Crippen molar-refractivity contribution in [2.24, 2.45) is 0 Å². The Labute approximate surface area is 85.9 Å². The van der Waals surface area contributed by atoms with Crippen molar-refractivity contribution in [3.8, 4) is 11.5 Å². The molecular weight excluding hydrogens is 202 g/mol. The summed E-state index contributed by atoms with van der Waals surface area (Å²) in [4.78, 5) is 4.08. The van der Waals surface area contributed by atoms with Crippen LogP contribution in [0, 0.1) is 6.92 Å². The molecular formula is C9H8ClN3O. The summed E-state index contributed by atoms with van der Waals surface area (Å²) < 4.78 is 5.29. The quantitative estimate of drug-likeness (QED) is 0.712. The summed E-state index contributed by atoms with van der Waals surface area (Å²) in [6.45, 7) is 1.91. The number of aryl methyl sites for hydroxylation is 1. The van der Waals surface area contributed by atoms with Crippen LogP contribution in [0.4, 0.5) is 0 Å². The lowest BCUT2D eigenvalue weighted by atomic mass is 10.2. The minimum Gasteiger partial charge on any atom is -0.419 e. The predicted octanol–water partition coefficient (Wildman–Crippen LogP) is 2.18. The molecule has 0 saturated heterocycles. The van der Waals surface area contributed by atoms with Gasteiger partial charge < -0.3 is 4.42 Å². The Morgan fingerprint density at radius 3 is 2.93 bits per heavy atom.